The van der Waals surface area contributed by atoms with Gasteiger partial charge in [-0.05, 0) is 36.4 Å². The van der Waals surface area contributed by atoms with E-state index >= 15 is 0 Å². The minimum atomic E-state index is -4.10. The Morgan fingerprint density at radius 2 is 1.87 bits per heavy atom. The van der Waals surface area contributed by atoms with Gasteiger partial charge in [0, 0.05) is 11.1 Å². The molecule has 2 aromatic carbocycles. The molecule has 12 heteroatoms. The second kappa shape index (κ2) is 9.77. The van der Waals surface area contributed by atoms with Crippen LogP contribution in [0.15, 0.2) is 53.7 Å². The Bertz CT molecular complexity index is 1160. The van der Waals surface area contributed by atoms with Gasteiger partial charge in [-0.15, -0.1) is 0 Å². The zero-order chi connectivity index (χ0) is 22.4. The fourth-order valence-corrected chi connectivity index (χ4v) is 3.55. The number of aliphatic hydroxyl groups is 1. The van der Waals surface area contributed by atoms with Gasteiger partial charge in [0.25, 0.3) is 15.9 Å². The van der Waals surface area contributed by atoms with Crippen molar-refractivity contribution in [3.05, 3.63) is 59.6 Å². The summed E-state index contributed by atoms with van der Waals surface area (Å²) in [7, 11) is -2.74. The smallest absolute Gasteiger partial charge is 0.263 e. The standard InChI is InChI=1S/C19H17ClFN3O6S/c1-28-15-7-4-13(21)10-16(15)30-17-18(22-11-23-19(17)29-9-8-25)24-31(26,27)14-5-2-12(20)3-6-14/h2-7,10-11,25H,8-9H2,1H3,(H,22,23,24). The molecule has 1 aromatic heterocycles. The molecule has 0 amide bonds. The molecule has 0 spiro atoms. The molecule has 0 aliphatic heterocycles. The monoisotopic (exact) mass is 469 g/mol. The van der Waals surface area contributed by atoms with E-state index in [4.69, 9.17) is 30.9 Å². The fourth-order valence-electron chi connectivity index (χ4n) is 2.41. The van der Waals surface area contributed by atoms with Gasteiger partial charge in [0.2, 0.25) is 5.75 Å². The summed E-state index contributed by atoms with van der Waals surface area (Å²) in [5.74, 6) is -1.22. The second-order valence-electron chi connectivity index (χ2n) is 5.89. The fraction of sp³-hybridized carbons (Fsp3) is 0.158. The number of methoxy groups -OCH3 is 1. The zero-order valence-corrected chi connectivity index (χ0v) is 17.7. The van der Waals surface area contributed by atoms with Crippen molar-refractivity contribution in [1.82, 2.24) is 9.97 Å². The highest BCUT2D eigenvalue weighted by atomic mass is 35.5. The van der Waals surface area contributed by atoms with Crippen molar-refractivity contribution >= 4 is 27.4 Å². The third-order valence-corrected chi connectivity index (χ3v) is 5.40. The summed E-state index contributed by atoms with van der Waals surface area (Å²) in [5, 5.41) is 9.42. The molecule has 0 saturated heterocycles. The first-order valence-corrected chi connectivity index (χ1v) is 10.6. The highest BCUT2D eigenvalue weighted by Crippen LogP contribution is 2.40. The van der Waals surface area contributed by atoms with Crippen molar-refractivity contribution in [3.8, 4) is 23.1 Å². The van der Waals surface area contributed by atoms with E-state index in [1.165, 1.54) is 43.5 Å². The molecule has 1 heterocycles. The van der Waals surface area contributed by atoms with E-state index in [2.05, 4.69) is 14.7 Å². The Balaban J connectivity index is 2.04. The maximum atomic E-state index is 13.8. The van der Waals surface area contributed by atoms with E-state index in [9.17, 15) is 12.8 Å². The molecule has 164 valence electrons. The van der Waals surface area contributed by atoms with Gasteiger partial charge >= 0.3 is 0 Å². The number of sulfonamides is 1. The van der Waals surface area contributed by atoms with Crippen molar-refractivity contribution in [1.29, 1.82) is 0 Å². The van der Waals surface area contributed by atoms with Crippen molar-refractivity contribution < 1.29 is 32.1 Å². The van der Waals surface area contributed by atoms with E-state index in [0.717, 1.165) is 12.4 Å². The molecule has 3 aromatic rings. The second-order valence-corrected chi connectivity index (χ2v) is 8.00. The topological polar surface area (TPSA) is 120 Å². The predicted molar refractivity (Wildman–Crippen MR) is 110 cm³/mol. The molecule has 0 aliphatic carbocycles. The maximum Gasteiger partial charge on any atom is 0.263 e. The van der Waals surface area contributed by atoms with Crippen LogP contribution in [0.25, 0.3) is 0 Å². The van der Waals surface area contributed by atoms with Gasteiger partial charge in [0.05, 0.1) is 18.6 Å². The highest BCUT2D eigenvalue weighted by molar-refractivity contribution is 7.92. The van der Waals surface area contributed by atoms with E-state index in [0.29, 0.717) is 5.02 Å². The Morgan fingerprint density at radius 1 is 1.13 bits per heavy atom. The minimum Gasteiger partial charge on any atom is -0.493 e. The Morgan fingerprint density at radius 3 is 2.55 bits per heavy atom. The molecule has 0 saturated carbocycles. The lowest BCUT2D eigenvalue weighted by Gasteiger charge is -2.16. The van der Waals surface area contributed by atoms with Gasteiger partial charge in [0.1, 0.15) is 18.8 Å². The molecule has 0 atom stereocenters. The summed E-state index contributed by atoms with van der Waals surface area (Å²) in [6, 6.07) is 9.00. The summed E-state index contributed by atoms with van der Waals surface area (Å²) >= 11 is 5.81. The molecule has 0 radical (unpaired) electrons. The molecule has 0 unspecified atom stereocenters. The minimum absolute atomic E-state index is 0.0712. The van der Waals surface area contributed by atoms with Crippen LogP contribution < -0.4 is 18.9 Å². The van der Waals surface area contributed by atoms with Gasteiger partial charge in [-0.25, -0.2) is 17.8 Å². The van der Waals surface area contributed by atoms with Gasteiger partial charge in [-0.2, -0.15) is 4.98 Å². The van der Waals surface area contributed by atoms with Gasteiger partial charge in [0.15, 0.2) is 17.3 Å². The van der Waals surface area contributed by atoms with Crippen molar-refractivity contribution in [2.45, 2.75) is 4.90 Å². The predicted octanol–water partition coefficient (Wildman–Crippen LogP) is 3.24. The van der Waals surface area contributed by atoms with Gasteiger partial charge in [-0.3, -0.25) is 4.72 Å². The zero-order valence-electron chi connectivity index (χ0n) is 16.1. The third-order valence-electron chi connectivity index (χ3n) is 3.79. The number of aromatic nitrogens is 2. The lowest BCUT2D eigenvalue weighted by molar-refractivity contribution is 0.192. The lowest BCUT2D eigenvalue weighted by Crippen LogP contribution is -2.15. The average Bonchev–Trinajstić information content (AvgIpc) is 2.74. The number of anilines is 1. The Hall–Kier alpha value is -3.15. The first-order chi connectivity index (χ1) is 14.8. The van der Waals surface area contributed by atoms with Crippen LogP contribution in [-0.4, -0.2) is 43.8 Å². The maximum absolute atomic E-state index is 13.8. The molecular weight excluding hydrogens is 453 g/mol. The molecule has 9 nitrogen and oxygen atoms in total. The molecule has 0 bridgehead atoms. The number of halogens is 2. The molecule has 3 rings (SSSR count). The molecular formula is C19H17ClFN3O6S. The van der Waals surface area contributed by atoms with Crippen LogP contribution in [0.1, 0.15) is 0 Å². The lowest BCUT2D eigenvalue weighted by atomic mass is 10.3. The molecule has 31 heavy (non-hydrogen) atoms. The van der Waals surface area contributed by atoms with Crippen LogP contribution in [0.5, 0.6) is 23.1 Å². The molecule has 0 aliphatic rings. The number of aliphatic hydroxyl groups excluding tert-OH is 1. The molecule has 2 N–H and O–H groups in total. The van der Waals surface area contributed by atoms with Crippen LogP contribution in [0.4, 0.5) is 10.2 Å². The van der Waals surface area contributed by atoms with Crippen LogP contribution in [-0.2, 0) is 10.0 Å². The van der Waals surface area contributed by atoms with Crippen LogP contribution in [0.2, 0.25) is 5.02 Å². The number of hydrogen-bond donors (Lipinski definition) is 2. The highest BCUT2D eigenvalue weighted by Gasteiger charge is 2.23. The normalized spacial score (nSPS) is 11.1. The van der Waals surface area contributed by atoms with Crippen molar-refractivity contribution in [3.63, 3.8) is 0 Å². The number of nitrogens with zero attached hydrogens (tertiary/aromatic N) is 2. The SMILES string of the molecule is COc1ccc(F)cc1Oc1c(NS(=O)(=O)c2ccc(Cl)cc2)ncnc1OCCO. The summed E-state index contributed by atoms with van der Waals surface area (Å²) in [4.78, 5) is 7.75. The Kier molecular flexibility index (Phi) is 7.10. The number of ether oxygens (including phenoxy) is 3. The summed E-state index contributed by atoms with van der Waals surface area (Å²) in [6.45, 7) is -0.490. The van der Waals surface area contributed by atoms with Crippen LogP contribution in [0.3, 0.4) is 0 Å². The summed E-state index contributed by atoms with van der Waals surface area (Å²) in [6.07, 6.45) is 1.04. The van der Waals surface area contributed by atoms with Gasteiger partial charge < -0.3 is 19.3 Å². The van der Waals surface area contributed by atoms with E-state index in [1.54, 1.807) is 0 Å². The first kappa shape index (κ1) is 22.5. The number of nitrogens with one attached hydrogen (secondary N) is 1. The van der Waals surface area contributed by atoms with E-state index in [-0.39, 0.29) is 47.1 Å². The van der Waals surface area contributed by atoms with E-state index < -0.39 is 15.8 Å². The first-order valence-electron chi connectivity index (χ1n) is 8.72. The van der Waals surface area contributed by atoms with E-state index in [1.807, 2.05) is 0 Å². The van der Waals surface area contributed by atoms with Crippen LogP contribution in [0, 0.1) is 5.82 Å². The summed E-state index contributed by atoms with van der Waals surface area (Å²) < 4.78 is 57.8. The number of hydrogen-bond acceptors (Lipinski definition) is 8. The Labute approximate surface area is 182 Å². The van der Waals surface area contributed by atoms with Gasteiger partial charge in [-0.1, -0.05) is 11.6 Å². The molecule has 0 fully saturated rings. The van der Waals surface area contributed by atoms with Crippen molar-refractivity contribution in [2.75, 3.05) is 25.0 Å². The largest absolute Gasteiger partial charge is 0.493 e. The third kappa shape index (κ3) is 5.51. The average molecular weight is 470 g/mol. The number of rotatable bonds is 9. The quantitative estimate of drug-likeness (QED) is 0.490. The van der Waals surface area contributed by atoms with Crippen LogP contribution >= 0.6 is 11.6 Å². The van der Waals surface area contributed by atoms with Crippen molar-refractivity contribution in [2.24, 2.45) is 0 Å². The summed E-state index contributed by atoms with van der Waals surface area (Å²) in [5.41, 5.74) is 0. The number of benzene rings is 2.